The first-order valence-corrected chi connectivity index (χ1v) is 9.89. The van der Waals surface area contributed by atoms with Crippen LogP contribution in [0.3, 0.4) is 0 Å². The molecule has 1 aromatic carbocycles. The van der Waals surface area contributed by atoms with Crippen molar-refractivity contribution in [2.75, 3.05) is 18.4 Å². The Hall–Kier alpha value is -1.79. The van der Waals surface area contributed by atoms with Gasteiger partial charge >= 0.3 is 0 Å². The van der Waals surface area contributed by atoms with Gasteiger partial charge in [0.15, 0.2) is 0 Å². The molecule has 1 atom stereocenters. The van der Waals surface area contributed by atoms with Gasteiger partial charge in [-0.1, -0.05) is 36.9 Å². The summed E-state index contributed by atoms with van der Waals surface area (Å²) in [4.78, 5) is 15.6. The van der Waals surface area contributed by atoms with E-state index in [0.29, 0.717) is 17.3 Å². The van der Waals surface area contributed by atoms with Crippen LogP contribution in [-0.4, -0.2) is 33.5 Å². The maximum Gasteiger partial charge on any atom is 0.269 e. The molecule has 1 N–H and O–H groups in total. The summed E-state index contributed by atoms with van der Waals surface area (Å²) >= 11 is 1.18. The van der Waals surface area contributed by atoms with Crippen molar-refractivity contribution >= 4 is 23.1 Å². The van der Waals surface area contributed by atoms with Gasteiger partial charge in [0, 0.05) is 12.2 Å². The van der Waals surface area contributed by atoms with Crippen LogP contribution in [0.4, 0.5) is 5.69 Å². The number of rotatable bonds is 6. The number of nitrogens with one attached hydrogen (secondary N) is 1. The van der Waals surface area contributed by atoms with Crippen molar-refractivity contribution in [3.05, 3.63) is 40.4 Å². The van der Waals surface area contributed by atoms with Crippen molar-refractivity contribution in [1.29, 1.82) is 0 Å². The molecule has 5 nitrogen and oxygen atoms in total. The van der Waals surface area contributed by atoms with Crippen LogP contribution in [0, 0.1) is 0 Å². The first-order chi connectivity index (χ1) is 12.2. The summed E-state index contributed by atoms with van der Waals surface area (Å²) in [6.07, 6.45) is 4.85. The van der Waals surface area contributed by atoms with Crippen molar-refractivity contribution in [3.8, 4) is 0 Å². The second-order valence-electron chi connectivity index (χ2n) is 6.77. The Balaban J connectivity index is 1.64. The van der Waals surface area contributed by atoms with Crippen LogP contribution in [0.25, 0.3) is 0 Å². The van der Waals surface area contributed by atoms with Gasteiger partial charge in [0.2, 0.25) is 0 Å². The zero-order chi connectivity index (χ0) is 17.6. The van der Waals surface area contributed by atoms with Crippen LogP contribution in [0.2, 0.25) is 0 Å². The average Bonchev–Trinajstić information content (AvgIpc) is 3.11. The fraction of sp³-hybridized carbons (Fsp3) is 0.526. The highest BCUT2D eigenvalue weighted by Gasteiger charge is 2.20. The number of anilines is 1. The maximum atomic E-state index is 12.6. The number of hydrogen-bond donors (Lipinski definition) is 1. The van der Waals surface area contributed by atoms with Crippen molar-refractivity contribution < 1.29 is 4.79 Å². The van der Waals surface area contributed by atoms with Crippen molar-refractivity contribution in [2.24, 2.45) is 0 Å². The van der Waals surface area contributed by atoms with Crippen LogP contribution >= 0.6 is 11.5 Å². The molecule has 25 heavy (non-hydrogen) atoms. The van der Waals surface area contributed by atoms with Gasteiger partial charge < -0.3 is 5.32 Å². The maximum absolute atomic E-state index is 12.6. The highest BCUT2D eigenvalue weighted by Crippen LogP contribution is 2.22. The lowest BCUT2D eigenvalue weighted by Gasteiger charge is -2.25. The van der Waals surface area contributed by atoms with Gasteiger partial charge in [-0.2, -0.15) is 0 Å². The third kappa shape index (κ3) is 4.64. The molecule has 1 saturated heterocycles. The average molecular weight is 359 g/mol. The summed E-state index contributed by atoms with van der Waals surface area (Å²) in [7, 11) is 0. The molecular formula is C19H26N4OS. The van der Waals surface area contributed by atoms with Crippen LogP contribution in [0.1, 0.15) is 66.4 Å². The monoisotopic (exact) mass is 358 g/mol. The summed E-state index contributed by atoms with van der Waals surface area (Å²) in [6, 6.07) is 8.11. The lowest BCUT2D eigenvalue weighted by molar-refractivity contribution is 0.102. The third-order valence-corrected chi connectivity index (χ3v) is 5.70. The molecule has 0 saturated carbocycles. The van der Waals surface area contributed by atoms with Crippen molar-refractivity contribution in [3.63, 3.8) is 0 Å². The third-order valence-electron chi connectivity index (χ3n) is 4.93. The SMILES string of the molecule is CCC(C)c1ccc(NC(=O)c2snnc2CN2CCCCC2)cc1. The predicted molar refractivity (Wildman–Crippen MR) is 102 cm³/mol. The van der Waals surface area contributed by atoms with E-state index >= 15 is 0 Å². The van der Waals surface area contributed by atoms with Gasteiger partial charge in [0.05, 0.1) is 0 Å². The Morgan fingerprint density at radius 2 is 1.96 bits per heavy atom. The molecule has 2 aromatic rings. The van der Waals surface area contributed by atoms with E-state index in [-0.39, 0.29) is 5.91 Å². The number of likely N-dealkylation sites (tertiary alicyclic amines) is 1. The molecule has 1 amide bonds. The number of benzene rings is 1. The Labute approximate surface area is 153 Å². The fourth-order valence-corrected chi connectivity index (χ4v) is 3.70. The number of carbonyl (C=O) groups excluding carboxylic acids is 1. The molecule has 134 valence electrons. The first-order valence-electron chi connectivity index (χ1n) is 9.12. The van der Waals surface area contributed by atoms with Gasteiger partial charge in [-0.25, -0.2) is 0 Å². The first kappa shape index (κ1) is 18.0. The highest BCUT2D eigenvalue weighted by molar-refractivity contribution is 7.08. The van der Waals surface area contributed by atoms with E-state index in [1.807, 2.05) is 12.1 Å². The molecule has 1 aliphatic heterocycles. The van der Waals surface area contributed by atoms with Gasteiger partial charge in [-0.05, 0) is 67.5 Å². The fourth-order valence-electron chi connectivity index (χ4n) is 3.13. The standard InChI is InChI=1S/C19H26N4OS/c1-3-14(2)15-7-9-16(10-8-15)20-19(24)18-17(21-22-25-18)13-23-11-5-4-6-12-23/h7-10,14H,3-6,11-13H2,1-2H3,(H,20,24). The summed E-state index contributed by atoms with van der Waals surface area (Å²) in [5.41, 5.74) is 2.90. The van der Waals surface area contributed by atoms with E-state index in [9.17, 15) is 4.79 Å². The molecule has 0 bridgehead atoms. The summed E-state index contributed by atoms with van der Waals surface area (Å²) < 4.78 is 4.00. The largest absolute Gasteiger partial charge is 0.321 e. The Morgan fingerprint density at radius 3 is 2.64 bits per heavy atom. The number of amides is 1. The van der Waals surface area contributed by atoms with Gasteiger partial charge in [0.25, 0.3) is 5.91 Å². The van der Waals surface area contributed by atoms with E-state index in [1.54, 1.807) is 0 Å². The van der Waals surface area contributed by atoms with Crippen molar-refractivity contribution in [1.82, 2.24) is 14.5 Å². The number of carbonyl (C=O) groups is 1. The molecule has 0 radical (unpaired) electrons. The minimum absolute atomic E-state index is 0.113. The molecule has 1 aliphatic rings. The Kier molecular flexibility index (Phi) is 6.15. The summed E-state index contributed by atoms with van der Waals surface area (Å²) in [6.45, 7) is 7.27. The lowest BCUT2D eigenvalue weighted by atomic mass is 9.99. The van der Waals surface area contributed by atoms with Gasteiger partial charge in [0.1, 0.15) is 10.6 Å². The second kappa shape index (κ2) is 8.54. The van der Waals surface area contributed by atoms with E-state index in [4.69, 9.17) is 0 Å². The molecule has 2 heterocycles. The van der Waals surface area contributed by atoms with Crippen LogP contribution in [-0.2, 0) is 6.54 Å². The topological polar surface area (TPSA) is 58.1 Å². The number of piperidine rings is 1. The lowest BCUT2D eigenvalue weighted by Crippen LogP contribution is -2.30. The molecule has 3 rings (SSSR count). The molecule has 1 fully saturated rings. The van der Waals surface area contributed by atoms with E-state index in [2.05, 4.69) is 45.8 Å². The Bertz CT molecular complexity index is 692. The van der Waals surface area contributed by atoms with Crippen molar-refractivity contribution in [2.45, 2.75) is 52.0 Å². The number of nitrogens with zero attached hydrogens (tertiary/aromatic N) is 3. The minimum Gasteiger partial charge on any atom is -0.321 e. The van der Waals surface area contributed by atoms with E-state index < -0.39 is 0 Å². The number of hydrogen-bond acceptors (Lipinski definition) is 5. The van der Waals surface area contributed by atoms with Crippen LogP contribution in [0.5, 0.6) is 0 Å². The molecule has 1 aromatic heterocycles. The smallest absolute Gasteiger partial charge is 0.269 e. The summed E-state index contributed by atoms with van der Waals surface area (Å²) in [5.74, 6) is 0.421. The predicted octanol–water partition coefficient (Wildman–Crippen LogP) is 4.29. The van der Waals surface area contributed by atoms with Crippen LogP contribution < -0.4 is 5.32 Å². The van der Waals surface area contributed by atoms with Crippen LogP contribution in [0.15, 0.2) is 24.3 Å². The molecule has 6 heteroatoms. The molecule has 0 aliphatic carbocycles. The molecule has 0 spiro atoms. The Morgan fingerprint density at radius 1 is 1.24 bits per heavy atom. The normalized spacial score (nSPS) is 16.6. The summed E-state index contributed by atoms with van der Waals surface area (Å²) in [5, 5.41) is 7.17. The molecular weight excluding hydrogens is 332 g/mol. The highest BCUT2D eigenvalue weighted by atomic mass is 32.1. The van der Waals surface area contributed by atoms with E-state index in [1.165, 1.54) is 36.4 Å². The zero-order valence-electron chi connectivity index (χ0n) is 15.0. The number of aromatic nitrogens is 2. The molecule has 1 unspecified atom stereocenters. The zero-order valence-corrected chi connectivity index (χ0v) is 15.8. The van der Waals surface area contributed by atoms with E-state index in [0.717, 1.165) is 30.9 Å². The van der Waals surface area contributed by atoms with Gasteiger partial charge in [-0.3, -0.25) is 9.69 Å². The quantitative estimate of drug-likeness (QED) is 0.837. The van der Waals surface area contributed by atoms with Gasteiger partial charge in [-0.15, -0.1) is 5.10 Å². The minimum atomic E-state index is -0.113. The second-order valence-corrected chi connectivity index (χ2v) is 7.53.